The summed E-state index contributed by atoms with van der Waals surface area (Å²) in [5.74, 6) is -0.465. The van der Waals surface area contributed by atoms with Gasteiger partial charge in [0.25, 0.3) is 0 Å². The fraction of sp³-hybridized carbons (Fsp3) is 0.125. The number of aromatic nitrogens is 4. The highest BCUT2D eigenvalue weighted by Gasteiger charge is 2.33. The second-order valence-electron chi connectivity index (χ2n) is 5.44. The molecule has 0 spiro atoms. The Bertz CT molecular complexity index is 988. The van der Waals surface area contributed by atoms with Gasteiger partial charge in [0.2, 0.25) is 5.16 Å². The van der Waals surface area contributed by atoms with Gasteiger partial charge in [-0.15, -0.1) is 5.10 Å². The molecule has 1 aliphatic rings. The van der Waals surface area contributed by atoms with Gasteiger partial charge < -0.3 is 14.9 Å². The van der Waals surface area contributed by atoms with E-state index in [0.29, 0.717) is 16.3 Å². The van der Waals surface area contributed by atoms with Crippen LogP contribution < -0.4 is 0 Å². The number of rotatable bonds is 3. The second-order valence-corrected chi connectivity index (χ2v) is 6.47. The lowest BCUT2D eigenvalue weighted by molar-refractivity contribution is 0.0521. The maximum atomic E-state index is 11.9. The van der Waals surface area contributed by atoms with E-state index in [1.54, 1.807) is 25.1 Å². The van der Waals surface area contributed by atoms with E-state index >= 15 is 0 Å². The van der Waals surface area contributed by atoms with Gasteiger partial charge in [0.05, 0.1) is 5.56 Å². The van der Waals surface area contributed by atoms with Crippen LogP contribution in [0.25, 0.3) is 5.69 Å². The number of phenolic OH excluding ortho intramolecular Hbond substituents is 2. The first-order valence-corrected chi connectivity index (χ1v) is 8.20. The van der Waals surface area contributed by atoms with Gasteiger partial charge in [-0.05, 0) is 46.8 Å². The van der Waals surface area contributed by atoms with Crippen LogP contribution in [0, 0.1) is 6.92 Å². The molecule has 1 aromatic heterocycles. The molecule has 8 nitrogen and oxygen atoms in total. The molecule has 0 fully saturated rings. The van der Waals surface area contributed by atoms with E-state index in [4.69, 9.17) is 4.74 Å². The van der Waals surface area contributed by atoms with E-state index in [1.807, 2.05) is 6.07 Å². The number of cyclic esters (lactones) is 1. The number of aryl methyl sites for hydroxylation is 1. The molecule has 4 rings (SSSR count). The predicted molar refractivity (Wildman–Crippen MR) is 87.7 cm³/mol. The summed E-state index contributed by atoms with van der Waals surface area (Å²) < 4.78 is 6.66. The first-order valence-electron chi connectivity index (χ1n) is 7.32. The highest BCUT2D eigenvalue weighted by Crippen LogP contribution is 2.42. The summed E-state index contributed by atoms with van der Waals surface area (Å²) in [6.45, 7) is 1.67. The molecule has 0 amide bonds. The lowest BCUT2D eigenvalue weighted by Gasteiger charge is -2.11. The van der Waals surface area contributed by atoms with Crippen LogP contribution in [0.1, 0.15) is 26.9 Å². The van der Waals surface area contributed by atoms with Crippen LogP contribution in [0.15, 0.2) is 41.6 Å². The second kappa shape index (κ2) is 5.78. The molecule has 2 N–H and O–H groups in total. The molecule has 1 aliphatic heterocycles. The number of carbonyl (C=O) groups is 1. The van der Waals surface area contributed by atoms with Gasteiger partial charge in [0.15, 0.2) is 5.44 Å². The molecule has 3 aromatic rings. The molecule has 0 saturated carbocycles. The van der Waals surface area contributed by atoms with Gasteiger partial charge >= 0.3 is 5.97 Å². The molecule has 126 valence electrons. The van der Waals surface area contributed by atoms with Crippen LogP contribution in [0.4, 0.5) is 0 Å². The van der Waals surface area contributed by atoms with E-state index < -0.39 is 11.4 Å². The van der Waals surface area contributed by atoms with Crippen LogP contribution in [0.2, 0.25) is 0 Å². The highest BCUT2D eigenvalue weighted by molar-refractivity contribution is 7.99. The molecular weight excluding hydrogens is 344 g/mol. The van der Waals surface area contributed by atoms with Crippen molar-refractivity contribution < 1.29 is 19.7 Å². The molecular formula is C16H12N4O4S. The number of tetrazole rings is 1. The Hall–Kier alpha value is -3.07. The van der Waals surface area contributed by atoms with Crippen molar-refractivity contribution in [3.63, 3.8) is 0 Å². The molecule has 25 heavy (non-hydrogen) atoms. The van der Waals surface area contributed by atoms with Crippen molar-refractivity contribution in [1.82, 2.24) is 20.2 Å². The molecule has 0 radical (unpaired) electrons. The molecule has 0 aliphatic carbocycles. The molecule has 2 aromatic carbocycles. The summed E-state index contributed by atoms with van der Waals surface area (Å²) in [6.07, 6.45) is 0. The number of nitrogens with zero attached hydrogens (tertiary/aromatic N) is 4. The monoisotopic (exact) mass is 356 g/mol. The number of hydrogen-bond donors (Lipinski definition) is 2. The topological polar surface area (TPSA) is 110 Å². The minimum absolute atomic E-state index is 0.0110. The number of aromatic hydroxyl groups is 2. The number of thioether (sulfide) groups is 1. The van der Waals surface area contributed by atoms with Gasteiger partial charge in [-0.25, -0.2) is 4.79 Å². The first-order chi connectivity index (χ1) is 12.0. The summed E-state index contributed by atoms with van der Waals surface area (Å²) in [6, 6.07) is 9.89. The van der Waals surface area contributed by atoms with Gasteiger partial charge in [0.1, 0.15) is 17.2 Å². The largest absolute Gasteiger partial charge is 0.508 e. The van der Waals surface area contributed by atoms with Crippen molar-refractivity contribution in [2.75, 3.05) is 0 Å². The highest BCUT2D eigenvalue weighted by atomic mass is 32.2. The Kier molecular flexibility index (Phi) is 3.57. The Balaban J connectivity index is 1.70. The average Bonchev–Trinajstić information content (AvgIpc) is 3.17. The number of hydrogen-bond acceptors (Lipinski definition) is 8. The van der Waals surface area contributed by atoms with Gasteiger partial charge in [0, 0.05) is 11.6 Å². The summed E-state index contributed by atoms with van der Waals surface area (Å²) >= 11 is 1.14. The number of ether oxygens (including phenoxy) is 1. The quantitative estimate of drug-likeness (QED) is 0.543. The van der Waals surface area contributed by atoms with Crippen molar-refractivity contribution in [1.29, 1.82) is 0 Å². The molecule has 0 bridgehead atoms. The number of phenols is 2. The first kappa shape index (κ1) is 15.5. The molecule has 1 unspecified atom stereocenters. The van der Waals surface area contributed by atoms with E-state index in [9.17, 15) is 15.0 Å². The van der Waals surface area contributed by atoms with Gasteiger partial charge in [-0.3, -0.25) is 0 Å². The van der Waals surface area contributed by atoms with Crippen molar-refractivity contribution >= 4 is 17.7 Å². The minimum Gasteiger partial charge on any atom is -0.508 e. The predicted octanol–water partition coefficient (Wildman–Crippen LogP) is 2.34. The van der Waals surface area contributed by atoms with Crippen LogP contribution in [-0.4, -0.2) is 36.4 Å². The van der Waals surface area contributed by atoms with E-state index in [-0.39, 0.29) is 17.2 Å². The number of carbonyl (C=O) groups excluding carboxylic acids is 1. The Morgan fingerprint density at radius 1 is 1.20 bits per heavy atom. The summed E-state index contributed by atoms with van der Waals surface area (Å²) in [5, 5.41) is 31.8. The van der Waals surface area contributed by atoms with Gasteiger partial charge in [-0.1, -0.05) is 18.2 Å². The van der Waals surface area contributed by atoms with E-state index in [2.05, 4.69) is 15.5 Å². The molecule has 9 heteroatoms. The summed E-state index contributed by atoms with van der Waals surface area (Å²) in [7, 11) is 0. The fourth-order valence-corrected chi connectivity index (χ4v) is 3.52. The molecule has 1 atom stereocenters. The van der Waals surface area contributed by atoms with Crippen molar-refractivity contribution in [2.24, 2.45) is 0 Å². The zero-order chi connectivity index (χ0) is 17.6. The third-order valence-electron chi connectivity index (χ3n) is 3.82. The average molecular weight is 356 g/mol. The molecule has 2 heterocycles. The van der Waals surface area contributed by atoms with E-state index in [1.165, 1.54) is 16.8 Å². The van der Waals surface area contributed by atoms with Crippen molar-refractivity contribution in [2.45, 2.75) is 17.5 Å². The van der Waals surface area contributed by atoms with Crippen LogP contribution >= 0.6 is 11.8 Å². The molecule has 0 saturated heterocycles. The lowest BCUT2D eigenvalue weighted by Crippen LogP contribution is -2.02. The normalized spacial score (nSPS) is 15.9. The van der Waals surface area contributed by atoms with Crippen molar-refractivity contribution in [3.8, 4) is 17.2 Å². The lowest BCUT2D eigenvalue weighted by atomic mass is 10.1. The minimum atomic E-state index is -0.588. The zero-order valence-electron chi connectivity index (χ0n) is 12.9. The number of esters is 1. The van der Waals surface area contributed by atoms with Crippen LogP contribution in [0.3, 0.4) is 0 Å². The third-order valence-corrected chi connectivity index (χ3v) is 4.85. The summed E-state index contributed by atoms with van der Waals surface area (Å²) in [5.41, 5.74) is 1.42. The maximum absolute atomic E-state index is 11.9. The van der Waals surface area contributed by atoms with Crippen molar-refractivity contribution in [3.05, 3.63) is 53.1 Å². The fourth-order valence-electron chi connectivity index (χ4n) is 2.54. The zero-order valence-corrected chi connectivity index (χ0v) is 13.8. The standard InChI is InChI=1S/C16H12N4O4S/c1-8-6-13(22)11(7-12(8)21)20-16(17-18-19-20)25-15-10-5-3-2-4-9(10)14(23)24-15/h2-7,15,21-22H,1H3. The Morgan fingerprint density at radius 2 is 2.00 bits per heavy atom. The van der Waals surface area contributed by atoms with Gasteiger partial charge in [-0.2, -0.15) is 4.68 Å². The smallest absolute Gasteiger partial charge is 0.340 e. The van der Waals surface area contributed by atoms with Crippen LogP contribution in [-0.2, 0) is 4.74 Å². The number of fused-ring (bicyclic) bond motifs is 1. The third kappa shape index (κ3) is 2.58. The number of benzene rings is 2. The van der Waals surface area contributed by atoms with Crippen LogP contribution in [0.5, 0.6) is 11.5 Å². The Labute approximate surface area is 146 Å². The summed E-state index contributed by atoms with van der Waals surface area (Å²) in [4.78, 5) is 11.9. The Morgan fingerprint density at radius 3 is 2.84 bits per heavy atom. The van der Waals surface area contributed by atoms with E-state index in [0.717, 1.165) is 17.3 Å². The maximum Gasteiger partial charge on any atom is 0.340 e. The SMILES string of the molecule is Cc1cc(O)c(-n2nnnc2SC2OC(=O)c3ccccc32)cc1O.